The summed E-state index contributed by atoms with van der Waals surface area (Å²) >= 11 is 1.58. The monoisotopic (exact) mass is 318 g/mol. The number of aliphatic carboxylic acids is 1. The minimum atomic E-state index is -0.803. The number of thiazole rings is 1. The molecule has 22 heavy (non-hydrogen) atoms. The van der Waals surface area contributed by atoms with E-state index in [2.05, 4.69) is 41.5 Å². The molecule has 4 nitrogen and oxygen atoms in total. The van der Waals surface area contributed by atoms with Crippen molar-refractivity contribution in [2.24, 2.45) is 5.92 Å². The van der Waals surface area contributed by atoms with Crippen LogP contribution in [0, 0.1) is 12.8 Å². The molecule has 0 bridgehead atoms. The highest BCUT2D eigenvalue weighted by molar-refractivity contribution is 7.13. The first-order chi connectivity index (χ1) is 10.5. The Kier molecular flexibility index (Phi) is 5.69. The Morgan fingerprint density at radius 1 is 1.32 bits per heavy atom. The Labute approximate surface area is 135 Å². The third-order valence-corrected chi connectivity index (χ3v) is 4.33. The Hall–Kier alpha value is -1.72. The van der Waals surface area contributed by atoms with Gasteiger partial charge in [-0.15, -0.1) is 11.3 Å². The second kappa shape index (κ2) is 7.51. The lowest BCUT2D eigenvalue weighted by atomic mass is 10.0. The molecule has 0 aliphatic carbocycles. The van der Waals surface area contributed by atoms with E-state index < -0.39 is 12.0 Å². The van der Waals surface area contributed by atoms with Gasteiger partial charge in [0.15, 0.2) is 0 Å². The topological polar surface area (TPSA) is 62.2 Å². The van der Waals surface area contributed by atoms with Crippen molar-refractivity contribution in [3.8, 4) is 10.6 Å². The van der Waals surface area contributed by atoms with Crippen LogP contribution in [0.5, 0.6) is 0 Å². The summed E-state index contributed by atoms with van der Waals surface area (Å²) in [6.07, 6.45) is 0.615. The number of carboxylic acids is 1. The van der Waals surface area contributed by atoms with Crippen molar-refractivity contribution in [1.29, 1.82) is 0 Å². The maximum atomic E-state index is 11.2. The van der Waals surface area contributed by atoms with Gasteiger partial charge in [-0.05, 0) is 19.3 Å². The molecule has 0 amide bonds. The van der Waals surface area contributed by atoms with Crippen LogP contribution in [0.3, 0.4) is 0 Å². The van der Waals surface area contributed by atoms with E-state index in [1.807, 2.05) is 19.2 Å². The summed E-state index contributed by atoms with van der Waals surface area (Å²) in [5.41, 5.74) is 3.20. The predicted octanol–water partition coefficient (Wildman–Crippen LogP) is 3.71. The third-order valence-electron chi connectivity index (χ3n) is 3.39. The zero-order chi connectivity index (χ0) is 16.1. The Bertz CT molecular complexity index is 620. The lowest BCUT2D eigenvalue weighted by Crippen LogP contribution is -2.37. The van der Waals surface area contributed by atoms with Crippen LogP contribution in [0.25, 0.3) is 10.6 Å². The summed E-state index contributed by atoms with van der Waals surface area (Å²) in [5, 5.41) is 15.3. The van der Waals surface area contributed by atoms with Crippen LogP contribution in [0.2, 0.25) is 0 Å². The van der Waals surface area contributed by atoms with Crippen molar-refractivity contribution in [1.82, 2.24) is 10.3 Å². The van der Waals surface area contributed by atoms with Gasteiger partial charge < -0.3 is 5.11 Å². The minimum absolute atomic E-state index is 0.340. The van der Waals surface area contributed by atoms with E-state index in [1.165, 1.54) is 5.56 Å². The van der Waals surface area contributed by atoms with Crippen LogP contribution in [-0.2, 0) is 11.3 Å². The van der Waals surface area contributed by atoms with Gasteiger partial charge in [0, 0.05) is 17.5 Å². The fourth-order valence-corrected chi connectivity index (χ4v) is 3.01. The molecular formula is C17H22N2O2S. The molecular weight excluding hydrogens is 296 g/mol. The largest absolute Gasteiger partial charge is 0.480 e. The molecule has 0 radical (unpaired) electrons. The van der Waals surface area contributed by atoms with Crippen LogP contribution in [0.1, 0.15) is 31.5 Å². The Balaban J connectivity index is 1.99. The smallest absolute Gasteiger partial charge is 0.320 e. The zero-order valence-corrected chi connectivity index (χ0v) is 14.0. The first-order valence-electron chi connectivity index (χ1n) is 7.43. The molecule has 2 rings (SSSR count). The van der Waals surface area contributed by atoms with E-state index in [1.54, 1.807) is 11.3 Å². The standard InChI is InChI=1S/C17H22N2O2S/c1-11(2)8-15(17(20)21)18-9-14-10-22-16(19-14)13-6-4-12(3)5-7-13/h4-7,10-11,15,18H,8-9H2,1-3H3,(H,20,21)/t15-/m1/s1. The Morgan fingerprint density at radius 3 is 2.59 bits per heavy atom. The number of benzene rings is 1. The minimum Gasteiger partial charge on any atom is -0.480 e. The van der Waals surface area contributed by atoms with E-state index in [-0.39, 0.29) is 0 Å². The number of hydrogen-bond acceptors (Lipinski definition) is 4. The van der Waals surface area contributed by atoms with Gasteiger partial charge in [-0.1, -0.05) is 43.7 Å². The van der Waals surface area contributed by atoms with Crippen LogP contribution >= 0.6 is 11.3 Å². The maximum Gasteiger partial charge on any atom is 0.320 e. The van der Waals surface area contributed by atoms with Crippen molar-refractivity contribution in [3.63, 3.8) is 0 Å². The van der Waals surface area contributed by atoms with E-state index >= 15 is 0 Å². The van der Waals surface area contributed by atoms with E-state index in [0.717, 1.165) is 16.3 Å². The zero-order valence-electron chi connectivity index (χ0n) is 13.2. The summed E-state index contributed by atoms with van der Waals surface area (Å²) in [6, 6.07) is 7.73. The van der Waals surface area contributed by atoms with Crippen LogP contribution in [0.15, 0.2) is 29.6 Å². The summed E-state index contributed by atoms with van der Waals surface area (Å²) < 4.78 is 0. The van der Waals surface area contributed by atoms with Gasteiger partial charge in [0.25, 0.3) is 0 Å². The van der Waals surface area contributed by atoms with Crippen molar-refractivity contribution in [2.45, 2.75) is 39.8 Å². The van der Waals surface area contributed by atoms with Gasteiger partial charge in [-0.3, -0.25) is 10.1 Å². The van der Waals surface area contributed by atoms with Crippen molar-refractivity contribution in [3.05, 3.63) is 40.9 Å². The number of nitrogens with one attached hydrogen (secondary N) is 1. The van der Waals surface area contributed by atoms with Crippen LogP contribution in [-0.4, -0.2) is 22.1 Å². The summed E-state index contributed by atoms with van der Waals surface area (Å²) in [4.78, 5) is 15.8. The molecule has 1 aromatic heterocycles. The molecule has 1 heterocycles. The summed E-state index contributed by atoms with van der Waals surface area (Å²) in [7, 11) is 0. The number of aromatic nitrogens is 1. The molecule has 2 aromatic rings. The van der Waals surface area contributed by atoms with Crippen LogP contribution in [0.4, 0.5) is 0 Å². The molecule has 0 fully saturated rings. The second-order valence-corrected chi connectivity index (χ2v) is 6.77. The van der Waals surface area contributed by atoms with Gasteiger partial charge in [0.2, 0.25) is 0 Å². The fourth-order valence-electron chi connectivity index (χ4n) is 2.19. The number of carbonyl (C=O) groups is 1. The fraction of sp³-hybridized carbons (Fsp3) is 0.412. The lowest BCUT2D eigenvalue weighted by Gasteiger charge is -2.15. The van der Waals surface area contributed by atoms with E-state index in [4.69, 9.17) is 0 Å². The number of hydrogen-bond donors (Lipinski definition) is 2. The first-order valence-corrected chi connectivity index (χ1v) is 8.31. The molecule has 0 saturated carbocycles. The molecule has 0 unspecified atom stereocenters. The summed E-state index contributed by atoms with van der Waals surface area (Å²) in [6.45, 7) is 6.58. The highest BCUT2D eigenvalue weighted by Gasteiger charge is 2.18. The van der Waals surface area contributed by atoms with Crippen molar-refractivity contribution >= 4 is 17.3 Å². The highest BCUT2D eigenvalue weighted by atomic mass is 32.1. The van der Waals surface area contributed by atoms with E-state index in [0.29, 0.717) is 18.9 Å². The average Bonchev–Trinajstić information content (AvgIpc) is 2.92. The molecule has 0 aliphatic heterocycles. The maximum absolute atomic E-state index is 11.2. The predicted molar refractivity (Wildman–Crippen MR) is 90.0 cm³/mol. The molecule has 5 heteroatoms. The van der Waals surface area contributed by atoms with Crippen molar-refractivity contribution < 1.29 is 9.90 Å². The van der Waals surface area contributed by atoms with E-state index in [9.17, 15) is 9.90 Å². The quantitative estimate of drug-likeness (QED) is 0.817. The van der Waals surface area contributed by atoms with Gasteiger partial charge in [-0.25, -0.2) is 4.98 Å². The summed E-state index contributed by atoms with van der Waals surface area (Å²) in [5.74, 6) is -0.463. The molecule has 0 spiro atoms. The molecule has 118 valence electrons. The van der Waals surface area contributed by atoms with Gasteiger partial charge >= 0.3 is 5.97 Å². The SMILES string of the molecule is Cc1ccc(-c2nc(CN[C@H](CC(C)C)C(=O)O)cs2)cc1. The number of rotatable bonds is 7. The van der Waals surface area contributed by atoms with Gasteiger partial charge in [-0.2, -0.15) is 0 Å². The molecule has 1 aromatic carbocycles. The first kappa shape index (κ1) is 16.6. The molecule has 2 N–H and O–H groups in total. The Morgan fingerprint density at radius 2 is 2.00 bits per heavy atom. The van der Waals surface area contributed by atoms with Crippen molar-refractivity contribution in [2.75, 3.05) is 0 Å². The van der Waals surface area contributed by atoms with Gasteiger partial charge in [0.05, 0.1) is 5.69 Å². The molecule has 0 saturated heterocycles. The number of nitrogens with zero attached hydrogens (tertiary/aromatic N) is 1. The second-order valence-electron chi connectivity index (χ2n) is 5.91. The average molecular weight is 318 g/mol. The highest BCUT2D eigenvalue weighted by Crippen LogP contribution is 2.24. The third kappa shape index (κ3) is 4.64. The number of aryl methyl sites for hydroxylation is 1. The molecule has 1 atom stereocenters. The molecule has 0 aliphatic rings. The normalized spacial score (nSPS) is 12.5. The number of carboxylic acid groups (broad SMARTS) is 1. The van der Waals surface area contributed by atoms with Gasteiger partial charge in [0.1, 0.15) is 11.0 Å². The van der Waals surface area contributed by atoms with Crippen LogP contribution < -0.4 is 5.32 Å². The lowest BCUT2D eigenvalue weighted by molar-refractivity contribution is -0.140.